The Balaban J connectivity index is 1.78. The molecule has 0 saturated heterocycles. The van der Waals surface area contributed by atoms with Crippen molar-refractivity contribution in [2.45, 2.75) is 32.7 Å². The van der Waals surface area contributed by atoms with E-state index in [9.17, 15) is 0 Å². The highest BCUT2D eigenvalue weighted by molar-refractivity contribution is 6.31. The molecule has 3 rings (SSSR count). The number of halogens is 2. The third-order valence-corrected chi connectivity index (χ3v) is 5.25. The van der Waals surface area contributed by atoms with Crippen molar-refractivity contribution < 1.29 is 0 Å². The molecule has 0 fully saturated rings. The van der Waals surface area contributed by atoms with Gasteiger partial charge in [-0.25, -0.2) is 4.98 Å². The van der Waals surface area contributed by atoms with Gasteiger partial charge in [-0.15, -0.1) is 0 Å². The Hall–Kier alpha value is -1.77. The molecule has 0 aliphatic carbocycles. The zero-order chi connectivity index (χ0) is 17.7. The Morgan fingerprint density at radius 1 is 1.04 bits per heavy atom. The molecule has 1 unspecified atom stereocenters. The van der Waals surface area contributed by atoms with Gasteiger partial charge >= 0.3 is 0 Å². The van der Waals surface area contributed by atoms with Crippen LogP contribution in [0.15, 0.2) is 67.3 Å². The average molecular weight is 373 g/mol. The predicted octanol–water partition coefficient (Wildman–Crippen LogP) is 6.07. The van der Waals surface area contributed by atoms with Crippen LogP contribution < -0.4 is 0 Å². The van der Waals surface area contributed by atoms with Crippen molar-refractivity contribution >= 4 is 23.2 Å². The zero-order valence-electron chi connectivity index (χ0n) is 14.3. The van der Waals surface area contributed by atoms with Gasteiger partial charge < -0.3 is 4.57 Å². The van der Waals surface area contributed by atoms with Gasteiger partial charge in [0.1, 0.15) is 0 Å². The van der Waals surface area contributed by atoms with E-state index in [1.165, 1.54) is 11.1 Å². The normalized spacial score (nSPS) is 13.6. The molecule has 2 aromatic carbocycles. The Morgan fingerprint density at radius 2 is 1.80 bits per heavy atom. The first-order valence-corrected chi connectivity index (χ1v) is 9.23. The molecular weight excluding hydrogens is 351 g/mol. The van der Waals surface area contributed by atoms with E-state index in [2.05, 4.69) is 40.7 Å². The largest absolute Gasteiger partial charge is 0.337 e. The molecule has 1 heterocycles. The molecule has 0 spiro atoms. The minimum atomic E-state index is 0.0747. The molecule has 2 nitrogen and oxygen atoms in total. The fourth-order valence-corrected chi connectivity index (χ4v) is 3.57. The number of benzene rings is 2. The van der Waals surface area contributed by atoms with Crippen molar-refractivity contribution in [3.05, 3.63) is 88.4 Å². The van der Waals surface area contributed by atoms with Gasteiger partial charge in [0.05, 0.1) is 6.33 Å². The van der Waals surface area contributed by atoms with E-state index in [0.29, 0.717) is 0 Å². The third-order valence-electron chi connectivity index (χ3n) is 4.63. The van der Waals surface area contributed by atoms with Gasteiger partial charge in [-0.05, 0) is 54.0 Å². The van der Waals surface area contributed by atoms with Crippen LogP contribution >= 0.6 is 23.2 Å². The molecule has 0 bridgehead atoms. The quantitative estimate of drug-likeness (QED) is 0.491. The second-order valence-corrected chi connectivity index (χ2v) is 7.78. The van der Waals surface area contributed by atoms with Gasteiger partial charge in [-0.1, -0.05) is 60.5 Å². The topological polar surface area (TPSA) is 17.8 Å². The Morgan fingerprint density at radius 3 is 2.48 bits per heavy atom. The van der Waals surface area contributed by atoms with Gasteiger partial charge in [0.25, 0.3) is 0 Å². The summed E-state index contributed by atoms with van der Waals surface area (Å²) in [4.78, 5) is 4.18. The zero-order valence-corrected chi connectivity index (χ0v) is 15.8. The van der Waals surface area contributed by atoms with Crippen LogP contribution in [0.25, 0.3) is 0 Å². The predicted molar refractivity (Wildman–Crippen MR) is 105 cm³/mol. The highest BCUT2D eigenvalue weighted by atomic mass is 35.5. The highest BCUT2D eigenvalue weighted by Crippen LogP contribution is 2.33. The maximum Gasteiger partial charge on any atom is 0.0946 e. The smallest absolute Gasteiger partial charge is 0.0946 e. The summed E-state index contributed by atoms with van der Waals surface area (Å²) in [6.45, 7) is 3.23. The molecule has 0 N–H and O–H groups in total. The molecule has 0 amide bonds. The molecule has 3 aromatic rings. The van der Waals surface area contributed by atoms with Crippen molar-refractivity contribution in [2.75, 3.05) is 0 Å². The first-order chi connectivity index (χ1) is 12.0. The minimum absolute atomic E-state index is 0.0747. The molecule has 0 aliphatic rings. The van der Waals surface area contributed by atoms with Crippen LogP contribution in [0.3, 0.4) is 0 Å². The summed E-state index contributed by atoms with van der Waals surface area (Å²) in [6.07, 6.45) is 8.72. The second-order valence-electron chi connectivity index (χ2n) is 6.94. The summed E-state index contributed by atoms with van der Waals surface area (Å²) >= 11 is 12.4. The fourth-order valence-electron chi connectivity index (χ4n) is 3.24. The highest BCUT2D eigenvalue weighted by Gasteiger charge is 2.26. The van der Waals surface area contributed by atoms with E-state index in [1.54, 1.807) is 0 Å². The van der Waals surface area contributed by atoms with E-state index in [4.69, 9.17) is 23.2 Å². The maximum absolute atomic E-state index is 6.41. The van der Waals surface area contributed by atoms with Gasteiger partial charge in [0, 0.05) is 29.0 Å². The molecule has 0 radical (unpaired) electrons. The maximum atomic E-state index is 6.41. The molecule has 1 aromatic heterocycles. The van der Waals surface area contributed by atoms with Crippen LogP contribution in [0, 0.1) is 5.41 Å². The molecule has 1 atom stereocenters. The standard InChI is InChI=1S/C21H22Cl2N2/c1-21(15-25-13-12-24-16-25,14-18-4-2-3-5-20(18)23)11-10-17-6-8-19(22)9-7-17/h2-9,12-13,16H,10-11,14-15H2,1H3. The van der Waals surface area contributed by atoms with Crippen LogP contribution in [-0.4, -0.2) is 9.55 Å². The lowest BCUT2D eigenvalue weighted by molar-refractivity contribution is 0.247. The van der Waals surface area contributed by atoms with Gasteiger partial charge in [0.2, 0.25) is 0 Å². The Labute approximate surface area is 159 Å². The summed E-state index contributed by atoms with van der Waals surface area (Å²) in [6, 6.07) is 16.2. The summed E-state index contributed by atoms with van der Waals surface area (Å²) < 4.78 is 2.15. The number of imidazole rings is 1. The van der Waals surface area contributed by atoms with Gasteiger partial charge in [0.15, 0.2) is 0 Å². The summed E-state index contributed by atoms with van der Waals surface area (Å²) in [7, 11) is 0. The number of aryl methyl sites for hydroxylation is 1. The lowest BCUT2D eigenvalue weighted by Gasteiger charge is -2.31. The Kier molecular flexibility index (Phi) is 5.82. The lowest BCUT2D eigenvalue weighted by Crippen LogP contribution is -2.26. The van der Waals surface area contributed by atoms with Crippen molar-refractivity contribution in [1.29, 1.82) is 0 Å². The Bertz CT molecular complexity index is 797. The van der Waals surface area contributed by atoms with E-state index in [-0.39, 0.29) is 5.41 Å². The average Bonchev–Trinajstić information content (AvgIpc) is 3.09. The number of rotatable bonds is 7. The molecule has 25 heavy (non-hydrogen) atoms. The fraction of sp³-hybridized carbons (Fsp3) is 0.286. The van der Waals surface area contributed by atoms with Crippen LogP contribution in [0.5, 0.6) is 0 Å². The summed E-state index contributed by atoms with van der Waals surface area (Å²) in [5, 5.41) is 1.62. The first kappa shape index (κ1) is 18.0. The number of aromatic nitrogens is 2. The minimum Gasteiger partial charge on any atom is -0.337 e. The van der Waals surface area contributed by atoms with Crippen molar-refractivity contribution in [2.24, 2.45) is 5.41 Å². The van der Waals surface area contributed by atoms with Crippen LogP contribution in [0.1, 0.15) is 24.5 Å². The molecule has 0 saturated carbocycles. The van der Waals surface area contributed by atoms with E-state index < -0.39 is 0 Å². The van der Waals surface area contributed by atoms with E-state index in [1.807, 2.05) is 43.0 Å². The SMILES string of the molecule is CC(CCc1ccc(Cl)cc1)(Cc1ccccc1Cl)Cn1ccnc1. The molecule has 130 valence electrons. The van der Waals surface area contributed by atoms with E-state index in [0.717, 1.165) is 35.9 Å². The van der Waals surface area contributed by atoms with Crippen molar-refractivity contribution in [3.8, 4) is 0 Å². The third kappa shape index (κ3) is 5.10. The van der Waals surface area contributed by atoms with Gasteiger partial charge in [-0.2, -0.15) is 0 Å². The van der Waals surface area contributed by atoms with Crippen LogP contribution in [-0.2, 0) is 19.4 Å². The molecular formula is C21H22Cl2N2. The number of nitrogens with zero attached hydrogens (tertiary/aromatic N) is 2. The van der Waals surface area contributed by atoms with E-state index >= 15 is 0 Å². The first-order valence-electron chi connectivity index (χ1n) is 8.48. The summed E-state index contributed by atoms with van der Waals surface area (Å²) in [5.41, 5.74) is 2.58. The second kappa shape index (κ2) is 8.07. The molecule has 0 aliphatic heterocycles. The monoisotopic (exact) mass is 372 g/mol. The lowest BCUT2D eigenvalue weighted by atomic mass is 9.78. The summed E-state index contributed by atoms with van der Waals surface area (Å²) in [5.74, 6) is 0. The van der Waals surface area contributed by atoms with Crippen molar-refractivity contribution in [1.82, 2.24) is 9.55 Å². The van der Waals surface area contributed by atoms with Gasteiger partial charge in [-0.3, -0.25) is 0 Å². The number of hydrogen-bond donors (Lipinski definition) is 0. The van der Waals surface area contributed by atoms with Crippen LogP contribution in [0.4, 0.5) is 0 Å². The van der Waals surface area contributed by atoms with Crippen LogP contribution in [0.2, 0.25) is 10.0 Å². The molecule has 4 heteroatoms. The van der Waals surface area contributed by atoms with Crippen molar-refractivity contribution in [3.63, 3.8) is 0 Å². The number of hydrogen-bond acceptors (Lipinski definition) is 1.